The molecule has 0 bridgehead atoms. The Labute approximate surface area is 114 Å². The predicted molar refractivity (Wildman–Crippen MR) is 76.0 cm³/mol. The highest BCUT2D eigenvalue weighted by Gasteiger charge is 2.44. The van der Waals surface area contributed by atoms with Gasteiger partial charge in [-0.25, -0.2) is 0 Å². The lowest BCUT2D eigenvalue weighted by molar-refractivity contribution is -0.126. The van der Waals surface area contributed by atoms with Crippen molar-refractivity contribution in [2.45, 2.75) is 40.0 Å². The summed E-state index contributed by atoms with van der Waals surface area (Å²) in [6.07, 6.45) is 2.91. The first-order chi connectivity index (χ1) is 9.08. The van der Waals surface area contributed by atoms with Gasteiger partial charge in [-0.1, -0.05) is 27.2 Å². The number of carbonyl (C=O) groups excluding carboxylic acids is 1. The number of nitrogens with zero attached hydrogens (tertiary/aromatic N) is 1. The number of carbonyl (C=O) groups is 1. The minimum Gasteiger partial charge on any atom is -0.316 e. The second kappa shape index (κ2) is 5.74. The van der Waals surface area contributed by atoms with Crippen LogP contribution in [0.2, 0.25) is 0 Å². The van der Waals surface area contributed by atoms with Crippen LogP contribution >= 0.6 is 0 Å². The number of amides is 1. The molecule has 19 heavy (non-hydrogen) atoms. The van der Waals surface area contributed by atoms with Gasteiger partial charge in [-0.05, 0) is 25.3 Å². The van der Waals surface area contributed by atoms with Gasteiger partial charge in [-0.2, -0.15) is 5.10 Å². The Kier molecular flexibility index (Phi) is 4.24. The molecule has 0 spiro atoms. The highest BCUT2D eigenvalue weighted by atomic mass is 16.2. The van der Waals surface area contributed by atoms with Gasteiger partial charge in [0, 0.05) is 18.3 Å². The Hall–Kier alpha value is -1.36. The molecule has 1 amide bonds. The molecule has 1 fully saturated rings. The second-order valence-corrected chi connectivity index (χ2v) is 5.72. The molecule has 106 valence electrons. The summed E-state index contributed by atoms with van der Waals surface area (Å²) in [6.45, 7) is 8.01. The molecule has 0 aromatic carbocycles. The quantitative estimate of drug-likeness (QED) is 0.761. The van der Waals surface area contributed by atoms with E-state index in [-0.39, 0.29) is 11.3 Å². The lowest BCUT2D eigenvalue weighted by atomic mass is 9.75. The zero-order valence-corrected chi connectivity index (χ0v) is 12.0. The first-order valence-electron chi connectivity index (χ1n) is 7.15. The third kappa shape index (κ3) is 2.81. The van der Waals surface area contributed by atoms with Gasteiger partial charge in [-0.15, -0.1) is 0 Å². The fraction of sp³-hybridized carbons (Fsp3) is 0.714. The molecule has 1 unspecified atom stereocenters. The largest absolute Gasteiger partial charge is 0.316 e. The van der Waals surface area contributed by atoms with Crippen molar-refractivity contribution < 1.29 is 4.79 Å². The molecule has 1 aromatic heterocycles. The van der Waals surface area contributed by atoms with E-state index in [1.807, 2.05) is 6.07 Å². The maximum atomic E-state index is 12.5. The Morgan fingerprint density at radius 1 is 1.58 bits per heavy atom. The van der Waals surface area contributed by atoms with Gasteiger partial charge < -0.3 is 10.6 Å². The highest BCUT2D eigenvalue weighted by Crippen LogP contribution is 2.35. The molecule has 0 saturated carbocycles. The van der Waals surface area contributed by atoms with E-state index in [2.05, 4.69) is 41.6 Å². The van der Waals surface area contributed by atoms with Crippen LogP contribution in [0.3, 0.4) is 0 Å². The van der Waals surface area contributed by atoms with Gasteiger partial charge in [0.25, 0.3) is 0 Å². The Bertz CT molecular complexity index is 432. The van der Waals surface area contributed by atoms with Crippen LogP contribution in [0, 0.1) is 11.3 Å². The molecular weight excluding hydrogens is 240 g/mol. The molecule has 2 rings (SSSR count). The number of nitrogens with one attached hydrogen (secondary N) is 3. The molecule has 5 nitrogen and oxygen atoms in total. The van der Waals surface area contributed by atoms with Gasteiger partial charge >= 0.3 is 0 Å². The van der Waals surface area contributed by atoms with Gasteiger partial charge in [0.05, 0.1) is 5.41 Å². The van der Waals surface area contributed by atoms with Crippen LogP contribution in [0.15, 0.2) is 6.07 Å². The van der Waals surface area contributed by atoms with Crippen LogP contribution in [0.1, 0.15) is 39.3 Å². The van der Waals surface area contributed by atoms with Crippen molar-refractivity contribution in [3.63, 3.8) is 0 Å². The van der Waals surface area contributed by atoms with Crippen molar-refractivity contribution in [2.75, 3.05) is 18.4 Å². The number of aryl methyl sites for hydroxylation is 1. The van der Waals surface area contributed by atoms with E-state index < -0.39 is 0 Å². The third-order valence-electron chi connectivity index (χ3n) is 4.14. The van der Waals surface area contributed by atoms with E-state index in [1.165, 1.54) is 0 Å². The Morgan fingerprint density at radius 2 is 2.37 bits per heavy atom. The number of rotatable bonds is 5. The number of anilines is 1. The average Bonchev–Trinajstić information content (AvgIpc) is 2.99. The minimum absolute atomic E-state index is 0.0852. The Balaban J connectivity index is 2.06. The average molecular weight is 264 g/mol. The summed E-state index contributed by atoms with van der Waals surface area (Å²) in [4.78, 5) is 12.5. The van der Waals surface area contributed by atoms with Crippen molar-refractivity contribution in [1.82, 2.24) is 15.5 Å². The summed E-state index contributed by atoms with van der Waals surface area (Å²) >= 11 is 0. The van der Waals surface area contributed by atoms with Gasteiger partial charge in [-0.3, -0.25) is 9.89 Å². The minimum atomic E-state index is -0.302. The smallest absolute Gasteiger partial charge is 0.233 e. The molecule has 3 N–H and O–H groups in total. The molecule has 1 atom stereocenters. The van der Waals surface area contributed by atoms with Crippen molar-refractivity contribution in [3.8, 4) is 0 Å². The lowest BCUT2D eigenvalue weighted by Gasteiger charge is -2.30. The summed E-state index contributed by atoms with van der Waals surface area (Å²) in [5.41, 5.74) is 0.769. The molecule has 1 aromatic rings. The third-order valence-corrected chi connectivity index (χ3v) is 4.14. The molecule has 0 radical (unpaired) electrons. The molecular formula is C14H24N4O. The fourth-order valence-corrected chi connectivity index (χ4v) is 2.72. The van der Waals surface area contributed by atoms with E-state index in [0.29, 0.717) is 11.7 Å². The number of hydrogen-bond acceptors (Lipinski definition) is 3. The molecule has 1 aliphatic heterocycles. The van der Waals surface area contributed by atoms with E-state index in [9.17, 15) is 4.79 Å². The molecule has 1 saturated heterocycles. The number of aromatic amines is 1. The zero-order valence-electron chi connectivity index (χ0n) is 12.0. The summed E-state index contributed by atoms with van der Waals surface area (Å²) in [6, 6.07) is 1.93. The zero-order chi connectivity index (χ0) is 13.9. The first kappa shape index (κ1) is 14.1. The number of H-pyrrole nitrogens is 1. The van der Waals surface area contributed by atoms with Crippen LogP contribution in [-0.2, 0) is 11.2 Å². The summed E-state index contributed by atoms with van der Waals surface area (Å²) < 4.78 is 0. The van der Waals surface area contributed by atoms with Crippen molar-refractivity contribution >= 4 is 11.7 Å². The molecule has 0 aliphatic carbocycles. The van der Waals surface area contributed by atoms with Crippen LogP contribution in [-0.4, -0.2) is 29.2 Å². The molecule has 5 heteroatoms. The van der Waals surface area contributed by atoms with Crippen LogP contribution < -0.4 is 10.6 Å². The van der Waals surface area contributed by atoms with Crippen molar-refractivity contribution in [3.05, 3.63) is 11.8 Å². The summed E-state index contributed by atoms with van der Waals surface area (Å²) in [5, 5.41) is 13.4. The topological polar surface area (TPSA) is 69.8 Å². The Morgan fingerprint density at radius 3 is 2.95 bits per heavy atom. The fourth-order valence-electron chi connectivity index (χ4n) is 2.72. The normalized spacial score (nSPS) is 22.9. The maximum Gasteiger partial charge on any atom is 0.233 e. The summed E-state index contributed by atoms with van der Waals surface area (Å²) in [7, 11) is 0. The van der Waals surface area contributed by atoms with E-state index in [1.54, 1.807) is 0 Å². The number of aromatic nitrogens is 2. The lowest BCUT2D eigenvalue weighted by Crippen LogP contribution is -2.42. The van der Waals surface area contributed by atoms with Crippen LogP contribution in [0.25, 0.3) is 0 Å². The van der Waals surface area contributed by atoms with Crippen molar-refractivity contribution in [1.29, 1.82) is 0 Å². The van der Waals surface area contributed by atoms with Crippen molar-refractivity contribution in [2.24, 2.45) is 11.3 Å². The van der Waals surface area contributed by atoms with Gasteiger partial charge in [0.15, 0.2) is 5.82 Å². The predicted octanol–water partition coefficient (Wildman–Crippen LogP) is 1.94. The van der Waals surface area contributed by atoms with Crippen LogP contribution in [0.4, 0.5) is 5.82 Å². The van der Waals surface area contributed by atoms with E-state index in [4.69, 9.17) is 0 Å². The highest BCUT2D eigenvalue weighted by molar-refractivity contribution is 5.95. The van der Waals surface area contributed by atoms with E-state index >= 15 is 0 Å². The standard InChI is InChI=1S/C14H24N4O/c1-4-5-11-8-12(18-17-11)16-13(19)14(10(2)3)6-7-15-9-14/h8,10,15H,4-7,9H2,1-3H3,(H2,16,17,18,19). The number of hydrogen-bond donors (Lipinski definition) is 3. The van der Waals surface area contributed by atoms with Gasteiger partial charge in [0.1, 0.15) is 0 Å². The second-order valence-electron chi connectivity index (χ2n) is 5.72. The summed E-state index contributed by atoms with van der Waals surface area (Å²) in [5.74, 6) is 1.04. The first-order valence-corrected chi connectivity index (χ1v) is 7.15. The van der Waals surface area contributed by atoms with Gasteiger partial charge in [0.2, 0.25) is 5.91 Å². The maximum absolute atomic E-state index is 12.5. The van der Waals surface area contributed by atoms with E-state index in [0.717, 1.165) is 38.0 Å². The molecule has 2 heterocycles. The SMILES string of the molecule is CCCc1cc(NC(=O)C2(C(C)C)CCNC2)n[nH]1. The van der Waals surface area contributed by atoms with Crippen LogP contribution in [0.5, 0.6) is 0 Å². The monoisotopic (exact) mass is 264 g/mol. The molecule has 1 aliphatic rings.